The number of rotatable bonds is 7. The van der Waals surface area contributed by atoms with Crippen LogP contribution in [0.2, 0.25) is 0 Å². The van der Waals surface area contributed by atoms with Crippen LogP contribution in [0, 0.1) is 5.92 Å². The van der Waals surface area contributed by atoms with Crippen molar-refractivity contribution in [1.29, 1.82) is 0 Å². The average Bonchev–Trinajstić information content (AvgIpc) is 2.57. The summed E-state index contributed by atoms with van der Waals surface area (Å²) in [6, 6.07) is 10.3. The number of ether oxygens (including phenoxy) is 1. The fourth-order valence-corrected chi connectivity index (χ4v) is 2.24. The molecule has 1 aromatic heterocycles. The molecule has 1 N–H and O–H groups in total. The van der Waals surface area contributed by atoms with Crippen LogP contribution in [0.4, 0.5) is 0 Å². The van der Waals surface area contributed by atoms with Gasteiger partial charge in [-0.25, -0.2) is 4.68 Å². The van der Waals surface area contributed by atoms with Crippen LogP contribution in [0.3, 0.4) is 0 Å². The van der Waals surface area contributed by atoms with Crippen LogP contribution in [-0.4, -0.2) is 22.3 Å². The van der Waals surface area contributed by atoms with E-state index in [0.29, 0.717) is 12.5 Å². The third-order valence-electron chi connectivity index (χ3n) is 3.88. The molecule has 2 rings (SSSR count). The van der Waals surface area contributed by atoms with Crippen LogP contribution in [-0.2, 0) is 7.05 Å². The maximum absolute atomic E-state index is 12.3. The molecule has 6 nitrogen and oxygen atoms in total. The Kier molecular flexibility index (Phi) is 6.33. The zero-order chi connectivity index (χ0) is 18.4. The number of hydrogen-bond donors (Lipinski definition) is 1. The van der Waals surface area contributed by atoms with Gasteiger partial charge in [-0.3, -0.25) is 9.59 Å². The fraction of sp³-hybridized carbons (Fsp3) is 0.421. The Morgan fingerprint density at radius 1 is 1.16 bits per heavy atom. The van der Waals surface area contributed by atoms with E-state index < -0.39 is 0 Å². The molecule has 0 saturated heterocycles. The van der Waals surface area contributed by atoms with Gasteiger partial charge >= 0.3 is 0 Å². The van der Waals surface area contributed by atoms with Crippen LogP contribution in [0.25, 0.3) is 0 Å². The van der Waals surface area contributed by atoms with Gasteiger partial charge in [-0.1, -0.05) is 26.0 Å². The zero-order valence-corrected chi connectivity index (χ0v) is 15.2. The molecule has 0 radical (unpaired) electrons. The van der Waals surface area contributed by atoms with Gasteiger partial charge in [0, 0.05) is 13.1 Å². The van der Waals surface area contributed by atoms with Crippen molar-refractivity contribution in [2.75, 3.05) is 6.61 Å². The molecule has 1 unspecified atom stereocenters. The van der Waals surface area contributed by atoms with E-state index in [1.54, 1.807) is 0 Å². The number of nitrogens with one attached hydrogen (secondary N) is 1. The second-order valence-electron chi connectivity index (χ2n) is 6.48. The normalized spacial score (nSPS) is 12.0. The number of aryl methyl sites for hydroxylation is 1. The molecule has 134 valence electrons. The van der Waals surface area contributed by atoms with Crippen molar-refractivity contribution in [3.8, 4) is 5.75 Å². The van der Waals surface area contributed by atoms with E-state index in [2.05, 4.69) is 24.3 Å². The predicted molar refractivity (Wildman–Crippen MR) is 96.8 cm³/mol. The van der Waals surface area contributed by atoms with Crippen molar-refractivity contribution < 1.29 is 9.53 Å². The largest absolute Gasteiger partial charge is 0.494 e. The van der Waals surface area contributed by atoms with E-state index in [0.717, 1.165) is 22.4 Å². The number of nitrogens with zero attached hydrogens (tertiary/aromatic N) is 2. The average molecular weight is 343 g/mol. The number of amides is 1. The van der Waals surface area contributed by atoms with E-state index in [4.69, 9.17) is 4.74 Å². The standard InChI is InChI=1S/C19H25N3O3/c1-13(2)11-12-25-16-7-5-15(6-8-16)14(3)20-19(24)17-9-10-18(23)22(4)21-17/h5-10,13-14H,11-12H2,1-4H3,(H,20,24). The Morgan fingerprint density at radius 3 is 2.44 bits per heavy atom. The van der Waals surface area contributed by atoms with Gasteiger partial charge in [0.15, 0.2) is 0 Å². The van der Waals surface area contributed by atoms with E-state index >= 15 is 0 Å². The minimum Gasteiger partial charge on any atom is -0.494 e. The monoisotopic (exact) mass is 343 g/mol. The summed E-state index contributed by atoms with van der Waals surface area (Å²) < 4.78 is 6.84. The summed E-state index contributed by atoms with van der Waals surface area (Å²) in [6.07, 6.45) is 1.01. The Morgan fingerprint density at radius 2 is 1.84 bits per heavy atom. The number of hydrogen-bond acceptors (Lipinski definition) is 4. The van der Waals surface area contributed by atoms with Gasteiger partial charge in [0.2, 0.25) is 0 Å². The second-order valence-corrected chi connectivity index (χ2v) is 6.48. The summed E-state index contributed by atoms with van der Waals surface area (Å²) in [5.41, 5.74) is 0.926. The summed E-state index contributed by atoms with van der Waals surface area (Å²) in [5, 5.41) is 6.83. The lowest BCUT2D eigenvalue weighted by Gasteiger charge is -2.15. The molecule has 0 saturated carbocycles. The van der Waals surface area contributed by atoms with Gasteiger partial charge in [0.25, 0.3) is 11.5 Å². The van der Waals surface area contributed by atoms with Crippen molar-refractivity contribution >= 4 is 5.91 Å². The minimum absolute atomic E-state index is 0.184. The molecule has 25 heavy (non-hydrogen) atoms. The summed E-state index contributed by atoms with van der Waals surface area (Å²) in [5.74, 6) is 1.11. The summed E-state index contributed by atoms with van der Waals surface area (Å²) in [6.45, 7) is 6.92. The summed E-state index contributed by atoms with van der Waals surface area (Å²) >= 11 is 0. The number of benzene rings is 1. The van der Waals surface area contributed by atoms with Crippen LogP contribution >= 0.6 is 0 Å². The molecule has 0 aliphatic rings. The van der Waals surface area contributed by atoms with E-state index in [1.165, 1.54) is 19.2 Å². The summed E-state index contributed by atoms with van der Waals surface area (Å²) in [7, 11) is 1.51. The van der Waals surface area contributed by atoms with Gasteiger partial charge in [-0.15, -0.1) is 0 Å². The first kappa shape index (κ1) is 18.7. The molecular weight excluding hydrogens is 318 g/mol. The number of carbonyl (C=O) groups is 1. The molecule has 1 atom stereocenters. The maximum Gasteiger partial charge on any atom is 0.272 e. The van der Waals surface area contributed by atoms with Gasteiger partial charge in [0.05, 0.1) is 12.6 Å². The molecule has 0 aliphatic heterocycles. The Balaban J connectivity index is 1.95. The van der Waals surface area contributed by atoms with Gasteiger partial charge in [-0.2, -0.15) is 5.10 Å². The molecule has 1 heterocycles. The molecule has 6 heteroatoms. The van der Waals surface area contributed by atoms with Gasteiger partial charge in [-0.05, 0) is 43.0 Å². The first-order chi connectivity index (χ1) is 11.9. The van der Waals surface area contributed by atoms with Gasteiger partial charge < -0.3 is 10.1 Å². The SMILES string of the molecule is CC(C)CCOc1ccc(C(C)NC(=O)c2ccc(=O)n(C)n2)cc1. The highest BCUT2D eigenvalue weighted by molar-refractivity contribution is 5.92. The lowest BCUT2D eigenvalue weighted by molar-refractivity contribution is 0.0932. The highest BCUT2D eigenvalue weighted by Crippen LogP contribution is 2.18. The van der Waals surface area contributed by atoms with Crippen molar-refractivity contribution in [3.63, 3.8) is 0 Å². The quantitative estimate of drug-likeness (QED) is 0.839. The van der Waals surface area contributed by atoms with Crippen molar-refractivity contribution in [3.05, 3.63) is 58.0 Å². The third-order valence-corrected chi connectivity index (χ3v) is 3.88. The topological polar surface area (TPSA) is 73.2 Å². The van der Waals surface area contributed by atoms with Crippen molar-refractivity contribution in [2.24, 2.45) is 13.0 Å². The first-order valence-electron chi connectivity index (χ1n) is 8.45. The van der Waals surface area contributed by atoms with E-state index in [1.807, 2.05) is 31.2 Å². The number of aromatic nitrogens is 2. The molecule has 1 amide bonds. The van der Waals surface area contributed by atoms with E-state index in [9.17, 15) is 9.59 Å². The maximum atomic E-state index is 12.3. The highest BCUT2D eigenvalue weighted by Gasteiger charge is 2.13. The molecule has 1 aromatic carbocycles. The highest BCUT2D eigenvalue weighted by atomic mass is 16.5. The smallest absolute Gasteiger partial charge is 0.272 e. The van der Waals surface area contributed by atoms with Crippen molar-refractivity contribution in [2.45, 2.75) is 33.2 Å². The van der Waals surface area contributed by atoms with Crippen LogP contribution in [0.5, 0.6) is 5.75 Å². The Bertz CT molecular complexity index is 766. The summed E-state index contributed by atoms with van der Waals surface area (Å²) in [4.78, 5) is 23.6. The second kappa shape index (κ2) is 8.46. The minimum atomic E-state index is -0.319. The molecule has 0 bridgehead atoms. The van der Waals surface area contributed by atoms with Crippen molar-refractivity contribution in [1.82, 2.24) is 15.1 Å². The van der Waals surface area contributed by atoms with Crippen LogP contribution < -0.4 is 15.6 Å². The van der Waals surface area contributed by atoms with Crippen LogP contribution in [0.15, 0.2) is 41.2 Å². The molecule has 0 spiro atoms. The fourth-order valence-electron chi connectivity index (χ4n) is 2.24. The van der Waals surface area contributed by atoms with Crippen LogP contribution in [0.1, 0.15) is 49.3 Å². The zero-order valence-electron chi connectivity index (χ0n) is 15.2. The van der Waals surface area contributed by atoms with Gasteiger partial charge in [0.1, 0.15) is 11.4 Å². The Hall–Kier alpha value is -2.63. The lowest BCUT2D eigenvalue weighted by Crippen LogP contribution is -2.30. The first-order valence-corrected chi connectivity index (χ1v) is 8.45. The molecular formula is C19H25N3O3. The molecule has 0 fully saturated rings. The number of carbonyl (C=O) groups excluding carboxylic acids is 1. The third kappa shape index (κ3) is 5.45. The Labute approximate surface area is 147 Å². The van der Waals surface area contributed by atoms with E-state index in [-0.39, 0.29) is 23.2 Å². The lowest BCUT2D eigenvalue weighted by atomic mass is 10.1. The molecule has 2 aromatic rings. The molecule has 0 aliphatic carbocycles. The predicted octanol–water partition coefficient (Wildman–Crippen LogP) is 2.70.